The lowest BCUT2D eigenvalue weighted by Gasteiger charge is -2.04. The Balaban J connectivity index is 1.52. The third-order valence-electron chi connectivity index (χ3n) is 4.02. The fourth-order valence-corrected chi connectivity index (χ4v) is 3.65. The quantitative estimate of drug-likeness (QED) is 0.550. The summed E-state index contributed by atoms with van der Waals surface area (Å²) in [6.45, 7) is 2.60. The van der Waals surface area contributed by atoms with Crippen LogP contribution in [-0.4, -0.2) is 26.9 Å². The Hall–Kier alpha value is -3.19. The largest absolute Gasteiger partial charge is 0.494 e. The first-order valence-electron chi connectivity index (χ1n) is 8.62. The summed E-state index contributed by atoms with van der Waals surface area (Å²) >= 11 is 1.52. The highest BCUT2D eigenvalue weighted by atomic mass is 32.1. The number of rotatable bonds is 6. The normalized spacial score (nSPS) is 10.9. The smallest absolute Gasteiger partial charge is 0.231 e. The lowest BCUT2D eigenvalue weighted by molar-refractivity contribution is -0.115. The molecule has 1 aromatic carbocycles. The van der Waals surface area contributed by atoms with Gasteiger partial charge in [0, 0.05) is 29.0 Å². The van der Waals surface area contributed by atoms with Crippen LogP contribution in [0.25, 0.3) is 16.2 Å². The van der Waals surface area contributed by atoms with Crippen LogP contribution in [0.2, 0.25) is 0 Å². The zero-order chi connectivity index (χ0) is 18.6. The molecule has 0 aliphatic rings. The predicted molar refractivity (Wildman–Crippen MR) is 106 cm³/mol. The lowest BCUT2D eigenvalue weighted by Crippen LogP contribution is -2.15. The molecule has 0 spiro atoms. The minimum absolute atomic E-state index is 0.107. The molecule has 1 amide bonds. The Kier molecular flexibility index (Phi) is 4.84. The third-order valence-corrected chi connectivity index (χ3v) is 4.91. The Labute approximate surface area is 160 Å². The van der Waals surface area contributed by atoms with Crippen molar-refractivity contribution < 1.29 is 9.53 Å². The number of pyridine rings is 1. The molecular formula is C20H18N4O2S. The molecule has 1 N–H and O–H groups in total. The molecule has 136 valence electrons. The van der Waals surface area contributed by atoms with E-state index in [9.17, 15) is 4.79 Å². The number of fused-ring (bicyclic) bond motifs is 1. The summed E-state index contributed by atoms with van der Waals surface area (Å²) in [4.78, 5) is 21.9. The molecule has 7 heteroatoms. The number of hydrogen-bond donors (Lipinski definition) is 1. The van der Waals surface area contributed by atoms with Gasteiger partial charge in [0.25, 0.3) is 0 Å². The van der Waals surface area contributed by atoms with E-state index >= 15 is 0 Å². The van der Waals surface area contributed by atoms with Gasteiger partial charge in [-0.2, -0.15) is 0 Å². The molecule has 0 atom stereocenters. The first-order valence-corrected chi connectivity index (χ1v) is 9.50. The molecule has 3 heterocycles. The molecule has 4 aromatic rings. The van der Waals surface area contributed by atoms with Crippen LogP contribution in [0, 0.1) is 0 Å². The monoisotopic (exact) mass is 378 g/mol. The summed E-state index contributed by atoms with van der Waals surface area (Å²) in [5.74, 6) is 1.29. The maximum atomic E-state index is 12.3. The highest BCUT2D eigenvalue weighted by molar-refractivity contribution is 7.15. The van der Waals surface area contributed by atoms with Crippen LogP contribution >= 0.6 is 11.3 Å². The highest BCUT2D eigenvalue weighted by Crippen LogP contribution is 2.25. The number of anilines is 1. The van der Waals surface area contributed by atoms with Gasteiger partial charge in [-0.05, 0) is 43.3 Å². The second-order valence-electron chi connectivity index (χ2n) is 5.90. The summed E-state index contributed by atoms with van der Waals surface area (Å²) in [5, 5.41) is 4.77. The van der Waals surface area contributed by atoms with Crippen LogP contribution < -0.4 is 10.1 Å². The van der Waals surface area contributed by atoms with Crippen molar-refractivity contribution in [3.8, 4) is 17.0 Å². The van der Waals surface area contributed by atoms with Crippen molar-refractivity contribution in [2.45, 2.75) is 13.3 Å². The Bertz CT molecular complexity index is 1050. The number of carbonyl (C=O) groups excluding carboxylic acids is 1. The van der Waals surface area contributed by atoms with Gasteiger partial charge in [-0.25, -0.2) is 9.97 Å². The maximum Gasteiger partial charge on any atom is 0.231 e. The molecule has 3 aromatic heterocycles. The van der Waals surface area contributed by atoms with Gasteiger partial charge in [0.1, 0.15) is 11.6 Å². The van der Waals surface area contributed by atoms with Gasteiger partial charge < -0.3 is 10.1 Å². The van der Waals surface area contributed by atoms with Gasteiger partial charge in [-0.1, -0.05) is 6.07 Å². The fourth-order valence-electron chi connectivity index (χ4n) is 2.77. The zero-order valence-corrected chi connectivity index (χ0v) is 15.6. The van der Waals surface area contributed by atoms with Crippen LogP contribution in [0.1, 0.15) is 12.6 Å². The minimum Gasteiger partial charge on any atom is -0.494 e. The molecule has 0 aliphatic heterocycles. The van der Waals surface area contributed by atoms with Crippen LogP contribution in [0.3, 0.4) is 0 Å². The predicted octanol–water partition coefficient (Wildman–Crippen LogP) is 4.04. The number of nitrogens with zero attached hydrogens (tertiary/aromatic N) is 3. The molecule has 0 bridgehead atoms. The molecule has 0 saturated carbocycles. The SMILES string of the molecule is CCOc1ccc(-c2cn3c(CC(=O)Nc4ccccn4)csc3n2)cc1. The van der Waals surface area contributed by atoms with Gasteiger partial charge >= 0.3 is 0 Å². The van der Waals surface area contributed by atoms with Crippen molar-refractivity contribution in [2.75, 3.05) is 11.9 Å². The van der Waals surface area contributed by atoms with E-state index in [0.717, 1.165) is 27.7 Å². The zero-order valence-electron chi connectivity index (χ0n) is 14.8. The average molecular weight is 378 g/mol. The minimum atomic E-state index is -0.107. The van der Waals surface area contributed by atoms with E-state index in [4.69, 9.17) is 4.74 Å². The van der Waals surface area contributed by atoms with E-state index in [1.54, 1.807) is 12.3 Å². The van der Waals surface area contributed by atoms with Crippen molar-refractivity contribution in [2.24, 2.45) is 0 Å². The molecule has 0 saturated heterocycles. The summed E-state index contributed by atoms with van der Waals surface area (Å²) in [6, 6.07) is 13.3. The van der Waals surface area contributed by atoms with Crippen LogP contribution in [-0.2, 0) is 11.2 Å². The van der Waals surface area contributed by atoms with Crippen molar-refractivity contribution in [3.63, 3.8) is 0 Å². The van der Waals surface area contributed by atoms with Crippen LogP contribution in [0.4, 0.5) is 5.82 Å². The molecule has 6 nitrogen and oxygen atoms in total. The van der Waals surface area contributed by atoms with Gasteiger partial charge in [0.15, 0.2) is 4.96 Å². The fraction of sp³-hybridized carbons (Fsp3) is 0.150. The van der Waals surface area contributed by atoms with Crippen molar-refractivity contribution in [1.29, 1.82) is 0 Å². The van der Waals surface area contributed by atoms with Crippen LogP contribution in [0.5, 0.6) is 5.75 Å². The maximum absolute atomic E-state index is 12.3. The van der Waals surface area contributed by atoms with Gasteiger partial charge in [-0.3, -0.25) is 9.20 Å². The number of amides is 1. The number of carbonyl (C=O) groups is 1. The number of imidazole rings is 1. The molecule has 0 unspecified atom stereocenters. The number of aromatic nitrogens is 3. The average Bonchev–Trinajstić information content (AvgIpc) is 3.25. The highest BCUT2D eigenvalue weighted by Gasteiger charge is 2.13. The standard InChI is InChI=1S/C20H18N4O2S/c1-2-26-16-8-6-14(7-9-16)17-12-24-15(13-27-20(24)22-17)11-19(25)23-18-5-3-4-10-21-18/h3-10,12-13H,2,11H2,1H3,(H,21,23,25). The number of ether oxygens (including phenoxy) is 1. The molecule has 0 aliphatic carbocycles. The van der Waals surface area contributed by atoms with E-state index in [2.05, 4.69) is 15.3 Å². The van der Waals surface area contributed by atoms with E-state index in [1.165, 1.54) is 11.3 Å². The number of nitrogens with one attached hydrogen (secondary N) is 1. The summed E-state index contributed by atoms with van der Waals surface area (Å²) in [6.07, 6.45) is 3.87. The van der Waals surface area contributed by atoms with E-state index in [1.807, 2.05) is 59.3 Å². The lowest BCUT2D eigenvalue weighted by atomic mass is 10.1. The summed E-state index contributed by atoms with van der Waals surface area (Å²) in [7, 11) is 0. The Morgan fingerprint density at radius 2 is 2.07 bits per heavy atom. The van der Waals surface area contributed by atoms with Crippen LogP contribution in [0.15, 0.2) is 60.2 Å². The number of thiazole rings is 1. The van der Waals surface area contributed by atoms with E-state index in [-0.39, 0.29) is 12.3 Å². The molecule has 0 radical (unpaired) electrons. The first kappa shape index (κ1) is 17.2. The second kappa shape index (κ2) is 7.59. The van der Waals surface area contributed by atoms with Crippen molar-refractivity contribution in [1.82, 2.24) is 14.4 Å². The Morgan fingerprint density at radius 1 is 1.22 bits per heavy atom. The molecule has 4 rings (SSSR count). The second-order valence-corrected chi connectivity index (χ2v) is 6.74. The van der Waals surface area contributed by atoms with Gasteiger partial charge in [-0.15, -0.1) is 11.3 Å². The van der Waals surface area contributed by atoms with Gasteiger partial charge in [0.05, 0.1) is 18.7 Å². The summed E-state index contributed by atoms with van der Waals surface area (Å²) < 4.78 is 7.45. The topological polar surface area (TPSA) is 68.5 Å². The van der Waals surface area contributed by atoms with E-state index < -0.39 is 0 Å². The number of benzene rings is 1. The number of hydrogen-bond acceptors (Lipinski definition) is 5. The molecular weight excluding hydrogens is 360 g/mol. The van der Waals surface area contributed by atoms with Crippen molar-refractivity contribution >= 4 is 28.0 Å². The van der Waals surface area contributed by atoms with Crippen molar-refractivity contribution in [3.05, 3.63) is 65.9 Å². The molecule has 27 heavy (non-hydrogen) atoms. The molecule has 0 fully saturated rings. The van der Waals surface area contributed by atoms with E-state index in [0.29, 0.717) is 12.4 Å². The van der Waals surface area contributed by atoms with Gasteiger partial charge in [0.2, 0.25) is 5.91 Å². The first-order chi connectivity index (χ1) is 13.2. The third kappa shape index (κ3) is 3.83. The summed E-state index contributed by atoms with van der Waals surface area (Å²) in [5.41, 5.74) is 2.78. The Morgan fingerprint density at radius 3 is 2.81 bits per heavy atom.